The van der Waals surface area contributed by atoms with Crippen molar-refractivity contribution in [3.63, 3.8) is 0 Å². The Kier molecular flexibility index (Phi) is 2.76. The van der Waals surface area contributed by atoms with Crippen molar-refractivity contribution in [3.05, 3.63) is 0 Å². The third-order valence-electron chi connectivity index (χ3n) is 4.59. The first-order valence-corrected chi connectivity index (χ1v) is 8.03. The maximum absolute atomic E-state index is 12.0. The summed E-state index contributed by atoms with van der Waals surface area (Å²) in [6, 6.07) is 0. The Hall–Kier alpha value is 0.0600. The highest BCUT2D eigenvalue weighted by Gasteiger charge is 2.66. The van der Waals surface area contributed by atoms with E-state index in [-0.39, 0.29) is 17.1 Å². The largest absolute Gasteiger partial charge is 0.299 e. The molecule has 6 heteroatoms. The molecule has 2 fully saturated rings. The van der Waals surface area contributed by atoms with Gasteiger partial charge in [-0.1, -0.05) is 22.9 Å². The van der Waals surface area contributed by atoms with Gasteiger partial charge in [-0.25, -0.2) is 0 Å². The van der Waals surface area contributed by atoms with Crippen LogP contribution >= 0.6 is 15.9 Å². The fourth-order valence-electron chi connectivity index (χ4n) is 3.49. The molecule has 0 radical (unpaired) electrons. The van der Waals surface area contributed by atoms with Gasteiger partial charge in [-0.05, 0) is 24.2 Å². The molecule has 2 aliphatic carbocycles. The summed E-state index contributed by atoms with van der Waals surface area (Å²) in [7, 11) is -4.11. The molecule has 0 aromatic rings. The summed E-state index contributed by atoms with van der Waals surface area (Å²) in [6.07, 6.45) is 1.92. The van der Waals surface area contributed by atoms with Gasteiger partial charge in [0.15, 0.2) is 0 Å². The van der Waals surface area contributed by atoms with Crippen molar-refractivity contribution in [2.75, 3.05) is 11.1 Å². The highest BCUT2D eigenvalue weighted by atomic mass is 79.9. The van der Waals surface area contributed by atoms with Crippen LogP contribution in [0.5, 0.6) is 0 Å². The van der Waals surface area contributed by atoms with Gasteiger partial charge in [0.2, 0.25) is 0 Å². The predicted octanol–water partition coefficient (Wildman–Crippen LogP) is 1.64. The van der Waals surface area contributed by atoms with E-state index >= 15 is 0 Å². The Bertz CT molecular complexity index is 432. The summed E-state index contributed by atoms with van der Waals surface area (Å²) in [5.74, 6) is -0.165. The molecule has 0 saturated heterocycles. The number of fused-ring (bicyclic) bond motifs is 2. The minimum Gasteiger partial charge on any atom is -0.299 e. The number of ketones is 1. The summed E-state index contributed by atoms with van der Waals surface area (Å²) < 4.78 is 31.3. The topological polar surface area (TPSA) is 71.4 Å². The first-order valence-electron chi connectivity index (χ1n) is 5.30. The number of hydrogen-bond donors (Lipinski definition) is 1. The molecule has 0 amide bonds. The molecular formula is C10H15BrO4S. The lowest BCUT2D eigenvalue weighted by Gasteiger charge is -2.37. The third-order valence-corrected chi connectivity index (χ3v) is 6.61. The monoisotopic (exact) mass is 310 g/mol. The Morgan fingerprint density at radius 1 is 1.56 bits per heavy atom. The van der Waals surface area contributed by atoms with Gasteiger partial charge >= 0.3 is 0 Å². The van der Waals surface area contributed by atoms with E-state index in [4.69, 9.17) is 4.55 Å². The molecular weight excluding hydrogens is 296 g/mol. The van der Waals surface area contributed by atoms with Crippen LogP contribution in [0.2, 0.25) is 0 Å². The molecule has 1 N–H and O–H groups in total. The molecule has 0 aromatic heterocycles. The van der Waals surface area contributed by atoms with E-state index in [0.717, 1.165) is 6.42 Å². The quantitative estimate of drug-likeness (QED) is 0.635. The Morgan fingerprint density at radius 3 is 2.62 bits per heavy atom. The van der Waals surface area contributed by atoms with Gasteiger partial charge in [0.1, 0.15) is 5.78 Å². The van der Waals surface area contributed by atoms with Crippen LogP contribution in [0.1, 0.15) is 26.2 Å². The number of carbonyl (C=O) groups excluding carboxylic acids is 1. The molecule has 4 nitrogen and oxygen atoms in total. The molecule has 2 rings (SSSR count). The molecule has 0 aliphatic heterocycles. The highest BCUT2D eigenvalue weighted by molar-refractivity contribution is 9.09. The molecule has 0 aromatic carbocycles. The second kappa shape index (κ2) is 3.53. The number of hydrogen-bond acceptors (Lipinski definition) is 3. The van der Waals surface area contributed by atoms with Gasteiger partial charge in [-0.3, -0.25) is 9.35 Å². The van der Waals surface area contributed by atoms with E-state index in [1.54, 1.807) is 0 Å². The van der Waals surface area contributed by atoms with Crippen LogP contribution in [-0.2, 0) is 14.9 Å². The van der Waals surface area contributed by atoms with E-state index in [0.29, 0.717) is 18.2 Å². The molecule has 2 aliphatic rings. The smallest absolute Gasteiger partial charge is 0.265 e. The number of Topliss-reactive ketones (excluding diaryl/α,β-unsaturated/α-hetero) is 1. The van der Waals surface area contributed by atoms with Crippen molar-refractivity contribution < 1.29 is 17.8 Å². The maximum Gasteiger partial charge on any atom is 0.265 e. The Labute approximate surface area is 104 Å². The summed E-state index contributed by atoms with van der Waals surface area (Å²) in [6.45, 7) is 1.95. The lowest BCUT2D eigenvalue weighted by molar-refractivity contribution is -0.128. The van der Waals surface area contributed by atoms with Crippen LogP contribution in [0.25, 0.3) is 0 Å². The zero-order chi connectivity index (χ0) is 12.2. The fourth-order valence-corrected chi connectivity index (χ4v) is 5.74. The van der Waals surface area contributed by atoms with Crippen molar-refractivity contribution in [2.24, 2.45) is 16.7 Å². The van der Waals surface area contributed by atoms with E-state index in [9.17, 15) is 13.2 Å². The molecule has 2 bridgehead atoms. The number of carbonyl (C=O) groups is 1. The molecule has 0 spiro atoms. The second-order valence-electron chi connectivity index (χ2n) is 5.22. The maximum atomic E-state index is 12.0. The Morgan fingerprint density at radius 2 is 2.19 bits per heavy atom. The summed E-state index contributed by atoms with van der Waals surface area (Å²) in [5.41, 5.74) is -1.20. The summed E-state index contributed by atoms with van der Waals surface area (Å²) in [5, 5.41) is 0.603. The Balaban J connectivity index is 2.47. The first kappa shape index (κ1) is 12.5. The van der Waals surface area contributed by atoms with E-state index in [1.807, 2.05) is 6.92 Å². The van der Waals surface area contributed by atoms with Gasteiger partial charge in [-0.2, -0.15) is 8.42 Å². The average Bonchev–Trinajstić information content (AvgIpc) is 2.51. The van der Waals surface area contributed by atoms with Crippen LogP contribution in [0.3, 0.4) is 0 Å². The number of halogens is 1. The highest BCUT2D eigenvalue weighted by Crippen LogP contribution is 2.64. The number of alkyl halides is 1. The fraction of sp³-hybridized carbons (Fsp3) is 0.900. The van der Waals surface area contributed by atoms with Crippen molar-refractivity contribution in [1.29, 1.82) is 0 Å². The van der Waals surface area contributed by atoms with Gasteiger partial charge in [-0.15, -0.1) is 0 Å². The molecule has 16 heavy (non-hydrogen) atoms. The SMILES string of the molecule is CC1(CBr)C2CCC1(CS(=O)(=O)O)C(=O)C2. The first-order chi connectivity index (χ1) is 7.25. The van der Waals surface area contributed by atoms with Crippen LogP contribution in [0.4, 0.5) is 0 Å². The van der Waals surface area contributed by atoms with E-state index in [2.05, 4.69) is 15.9 Å². The van der Waals surface area contributed by atoms with Crippen LogP contribution in [0, 0.1) is 16.7 Å². The second-order valence-corrected chi connectivity index (χ2v) is 7.24. The minimum atomic E-state index is -4.11. The van der Waals surface area contributed by atoms with Crippen LogP contribution in [-0.4, -0.2) is 29.8 Å². The van der Waals surface area contributed by atoms with Crippen molar-refractivity contribution in [1.82, 2.24) is 0 Å². The van der Waals surface area contributed by atoms with E-state index < -0.39 is 21.3 Å². The molecule has 92 valence electrons. The van der Waals surface area contributed by atoms with Crippen LogP contribution in [0.15, 0.2) is 0 Å². The molecule has 3 atom stereocenters. The van der Waals surface area contributed by atoms with Crippen molar-refractivity contribution in [3.8, 4) is 0 Å². The lowest BCUT2D eigenvalue weighted by atomic mass is 9.70. The van der Waals surface area contributed by atoms with E-state index in [1.165, 1.54) is 0 Å². The summed E-state index contributed by atoms with van der Waals surface area (Å²) in [4.78, 5) is 12.0. The molecule has 0 heterocycles. The average molecular weight is 311 g/mol. The van der Waals surface area contributed by atoms with Gasteiger partial charge < -0.3 is 0 Å². The van der Waals surface area contributed by atoms with Crippen molar-refractivity contribution in [2.45, 2.75) is 26.2 Å². The van der Waals surface area contributed by atoms with Gasteiger partial charge in [0.05, 0.1) is 11.2 Å². The normalized spacial score (nSPS) is 42.9. The standard InChI is InChI=1S/C10H15BrO4S/c1-9(5-11)7-2-3-10(9,8(12)4-7)6-16(13,14)15/h7H,2-6H2,1H3,(H,13,14,15). The van der Waals surface area contributed by atoms with Gasteiger partial charge in [0.25, 0.3) is 10.1 Å². The number of rotatable bonds is 3. The molecule has 3 unspecified atom stereocenters. The summed E-state index contributed by atoms with van der Waals surface area (Å²) >= 11 is 3.39. The van der Waals surface area contributed by atoms with Crippen LogP contribution < -0.4 is 0 Å². The minimum absolute atomic E-state index is 0.00308. The predicted molar refractivity (Wildman–Crippen MR) is 63.1 cm³/mol. The zero-order valence-electron chi connectivity index (χ0n) is 9.07. The third kappa shape index (κ3) is 1.49. The van der Waals surface area contributed by atoms with Gasteiger partial charge in [0, 0.05) is 11.8 Å². The lowest BCUT2D eigenvalue weighted by Crippen LogP contribution is -2.44. The van der Waals surface area contributed by atoms with Crippen molar-refractivity contribution >= 4 is 31.8 Å². The zero-order valence-corrected chi connectivity index (χ0v) is 11.5. The molecule has 2 saturated carbocycles.